The van der Waals surface area contributed by atoms with Crippen molar-refractivity contribution in [2.45, 2.75) is 32.2 Å². The van der Waals surface area contributed by atoms with Gasteiger partial charge in [-0.3, -0.25) is 14.5 Å². The summed E-state index contributed by atoms with van der Waals surface area (Å²) in [6.07, 6.45) is 2.14. The molecule has 0 bridgehead atoms. The fraction of sp³-hybridized carbons (Fsp3) is 0.556. The molecule has 0 aromatic heterocycles. The molecule has 0 amide bonds. The Hall–Kier alpha value is -1.72. The zero-order valence-corrected chi connectivity index (χ0v) is 13.7. The fourth-order valence-electron chi connectivity index (χ4n) is 3.16. The van der Waals surface area contributed by atoms with Gasteiger partial charge in [0.25, 0.3) is 0 Å². The van der Waals surface area contributed by atoms with Crippen LogP contribution in [0.15, 0.2) is 30.3 Å². The molecule has 2 rings (SSSR count). The Bertz CT molecular complexity index is 504. The van der Waals surface area contributed by atoms with Crippen molar-refractivity contribution in [3.63, 3.8) is 0 Å². The first-order valence-electron chi connectivity index (χ1n) is 8.30. The van der Waals surface area contributed by atoms with Crippen molar-refractivity contribution in [3.8, 4) is 0 Å². The molecule has 1 fully saturated rings. The van der Waals surface area contributed by atoms with E-state index in [1.165, 1.54) is 12.5 Å². The first-order valence-corrected chi connectivity index (χ1v) is 8.30. The van der Waals surface area contributed by atoms with E-state index in [4.69, 9.17) is 5.11 Å². The highest BCUT2D eigenvalue weighted by Crippen LogP contribution is 2.16. The van der Waals surface area contributed by atoms with Crippen molar-refractivity contribution in [2.75, 3.05) is 26.2 Å². The number of nitrogens with zero attached hydrogens (tertiary/aromatic N) is 1. The van der Waals surface area contributed by atoms with Gasteiger partial charge in [0.15, 0.2) is 0 Å². The fourth-order valence-corrected chi connectivity index (χ4v) is 3.16. The van der Waals surface area contributed by atoms with Gasteiger partial charge in [-0.25, -0.2) is 0 Å². The van der Waals surface area contributed by atoms with Crippen LogP contribution < -0.4 is 5.32 Å². The van der Waals surface area contributed by atoms with Gasteiger partial charge in [-0.1, -0.05) is 30.3 Å². The van der Waals surface area contributed by atoms with Gasteiger partial charge < -0.3 is 10.4 Å². The van der Waals surface area contributed by atoms with E-state index in [2.05, 4.69) is 34.5 Å². The lowest BCUT2D eigenvalue weighted by atomic mass is 9.95. The molecule has 0 aliphatic carbocycles. The van der Waals surface area contributed by atoms with Crippen LogP contribution in [0, 0.1) is 5.92 Å². The lowest BCUT2D eigenvalue weighted by Crippen LogP contribution is -2.52. The average Bonchev–Trinajstić information content (AvgIpc) is 2.54. The Kier molecular flexibility index (Phi) is 6.74. The van der Waals surface area contributed by atoms with Crippen molar-refractivity contribution >= 4 is 11.8 Å². The number of hydrogen-bond acceptors (Lipinski definition) is 4. The summed E-state index contributed by atoms with van der Waals surface area (Å²) in [6, 6.07) is 10.7. The molecule has 5 nitrogen and oxygen atoms in total. The van der Waals surface area contributed by atoms with Crippen LogP contribution in [0.2, 0.25) is 0 Å². The van der Waals surface area contributed by atoms with Gasteiger partial charge in [-0.2, -0.15) is 0 Å². The maximum atomic E-state index is 11.4. The molecule has 2 N–H and O–H groups in total. The van der Waals surface area contributed by atoms with Crippen LogP contribution in [-0.4, -0.2) is 54.0 Å². The molecule has 23 heavy (non-hydrogen) atoms. The smallest absolute Gasteiger partial charge is 0.314 e. The molecule has 1 aromatic rings. The number of ketones is 1. The van der Waals surface area contributed by atoms with Crippen LogP contribution in [0.1, 0.15) is 25.3 Å². The van der Waals surface area contributed by atoms with Crippen LogP contribution in [-0.2, 0) is 16.0 Å². The highest BCUT2D eigenvalue weighted by molar-refractivity contribution is 5.96. The molecule has 5 heteroatoms. The van der Waals surface area contributed by atoms with Crippen molar-refractivity contribution < 1.29 is 14.7 Å². The Balaban J connectivity index is 1.87. The van der Waals surface area contributed by atoms with E-state index >= 15 is 0 Å². The normalized spacial score (nSPS) is 20.1. The highest BCUT2D eigenvalue weighted by Gasteiger charge is 2.27. The van der Waals surface area contributed by atoms with Crippen LogP contribution in [0.25, 0.3) is 0 Å². The Labute approximate surface area is 137 Å². The molecular weight excluding hydrogens is 292 g/mol. The summed E-state index contributed by atoms with van der Waals surface area (Å²) in [5.41, 5.74) is 1.32. The van der Waals surface area contributed by atoms with Gasteiger partial charge in [-0.15, -0.1) is 0 Å². The zero-order valence-electron chi connectivity index (χ0n) is 13.7. The lowest BCUT2D eigenvalue weighted by Gasteiger charge is -2.36. The molecule has 1 aromatic carbocycles. The zero-order chi connectivity index (χ0) is 16.7. The van der Waals surface area contributed by atoms with Crippen LogP contribution in [0.4, 0.5) is 0 Å². The third-order valence-electron chi connectivity index (χ3n) is 4.58. The Morgan fingerprint density at radius 1 is 1.35 bits per heavy atom. The summed E-state index contributed by atoms with van der Waals surface area (Å²) in [4.78, 5) is 25.0. The Morgan fingerprint density at radius 2 is 2.09 bits per heavy atom. The number of Topliss-reactive ketones (excluding diaryl/α,β-unsaturated/α-hetero) is 1. The monoisotopic (exact) mass is 318 g/mol. The molecule has 126 valence electrons. The van der Waals surface area contributed by atoms with E-state index in [-0.39, 0.29) is 5.78 Å². The number of carbonyl (C=O) groups excluding carboxylic acids is 1. The molecule has 1 heterocycles. The molecule has 1 aliphatic rings. The number of aliphatic carboxylic acids is 1. The second-order valence-electron chi connectivity index (χ2n) is 6.21. The van der Waals surface area contributed by atoms with Gasteiger partial charge in [-0.05, 0) is 31.7 Å². The third kappa shape index (κ3) is 5.44. The van der Waals surface area contributed by atoms with E-state index in [0.717, 1.165) is 39.0 Å². The topological polar surface area (TPSA) is 69.6 Å². The second-order valence-corrected chi connectivity index (χ2v) is 6.21. The molecule has 0 spiro atoms. The van der Waals surface area contributed by atoms with E-state index < -0.39 is 11.9 Å². The highest BCUT2D eigenvalue weighted by atomic mass is 16.4. The molecule has 0 saturated carbocycles. The Morgan fingerprint density at radius 3 is 2.74 bits per heavy atom. The van der Waals surface area contributed by atoms with Gasteiger partial charge in [0.05, 0.1) is 0 Å². The summed E-state index contributed by atoms with van der Waals surface area (Å²) >= 11 is 0. The summed E-state index contributed by atoms with van der Waals surface area (Å²) < 4.78 is 0. The predicted octanol–water partition coefficient (Wildman–Crippen LogP) is 1.57. The van der Waals surface area contributed by atoms with Gasteiger partial charge in [0.2, 0.25) is 0 Å². The minimum Gasteiger partial charge on any atom is -0.481 e. The maximum Gasteiger partial charge on any atom is 0.314 e. The predicted molar refractivity (Wildman–Crippen MR) is 89.4 cm³/mol. The van der Waals surface area contributed by atoms with E-state index in [9.17, 15) is 9.59 Å². The minimum absolute atomic E-state index is 0.253. The quantitative estimate of drug-likeness (QED) is 0.712. The molecule has 1 saturated heterocycles. The number of nitrogens with one attached hydrogen (secondary N) is 1. The molecule has 2 atom stereocenters. The summed E-state index contributed by atoms with van der Waals surface area (Å²) in [6.45, 7) is 5.12. The van der Waals surface area contributed by atoms with Crippen molar-refractivity contribution in [1.82, 2.24) is 10.2 Å². The summed E-state index contributed by atoms with van der Waals surface area (Å²) in [5.74, 6) is -2.12. The SMILES string of the molecule is CC(=O)C(CCC1CNCCN1CCc1ccccc1)C(=O)O. The number of piperazine rings is 1. The molecule has 1 aliphatic heterocycles. The molecular formula is C18H26N2O3. The van der Waals surface area contributed by atoms with Crippen molar-refractivity contribution in [2.24, 2.45) is 5.92 Å². The van der Waals surface area contributed by atoms with Gasteiger partial charge >= 0.3 is 5.97 Å². The summed E-state index contributed by atoms with van der Waals surface area (Å²) in [5, 5.41) is 12.5. The van der Waals surface area contributed by atoms with E-state index in [1.54, 1.807) is 0 Å². The van der Waals surface area contributed by atoms with Crippen LogP contribution in [0.3, 0.4) is 0 Å². The maximum absolute atomic E-state index is 11.4. The molecule has 0 radical (unpaired) electrons. The third-order valence-corrected chi connectivity index (χ3v) is 4.58. The second kappa shape index (κ2) is 8.79. The lowest BCUT2D eigenvalue weighted by molar-refractivity contribution is -0.146. The first kappa shape index (κ1) is 17.6. The largest absolute Gasteiger partial charge is 0.481 e. The average molecular weight is 318 g/mol. The van der Waals surface area contributed by atoms with Gasteiger partial charge in [0.1, 0.15) is 11.7 Å². The van der Waals surface area contributed by atoms with Crippen LogP contribution >= 0.6 is 0 Å². The van der Waals surface area contributed by atoms with Gasteiger partial charge in [0, 0.05) is 32.2 Å². The van der Waals surface area contributed by atoms with Crippen molar-refractivity contribution in [3.05, 3.63) is 35.9 Å². The molecule has 2 unspecified atom stereocenters. The summed E-state index contributed by atoms with van der Waals surface area (Å²) in [7, 11) is 0. The number of carbonyl (C=O) groups is 2. The number of hydrogen-bond donors (Lipinski definition) is 2. The van der Waals surface area contributed by atoms with Crippen LogP contribution in [0.5, 0.6) is 0 Å². The first-order chi connectivity index (χ1) is 11.1. The van der Waals surface area contributed by atoms with E-state index in [1.807, 2.05) is 6.07 Å². The standard InChI is InChI=1S/C18H26N2O3/c1-14(21)17(18(22)23)8-7-16-13-19-10-12-20(16)11-9-15-5-3-2-4-6-15/h2-6,16-17,19H,7-13H2,1H3,(H,22,23). The number of rotatable bonds is 8. The van der Waals surface area contributed by atoms with Crippen molar-refractivity contribution in [1.29, 1.82) is 0 Å². The van der Waals surface area contributed by atoms with E-state index in [0.29, 0.717) is 12.5 Å². The number of benzene rings is 1. The number of carboxylic acids is 1. The minimum atomic E-state index is -1.00. The number of carboxylic acid groups (broad SMARTS) is 1.